The molecule has 0 saturated heterocycles. The summed E-state index contributed by atoms with van der Waals surface area (Å²) < 4.78 is 4.79. The van der Waals surface area contributed by atoms with Crippen LogP contribution in [0.15, 0.2) is 42.5 Å². The number of urea groups is 1. The molecular weight excluding hydrogens is 268 g/mol. The molecule has 2 amide bonds. The second-order valence-electron chi connectivity index (χ2n) is 4.91. The van der Waals surface area contributed by atoms with Crippen molar-refractivity contribution in [3.05, 3.63) is 48.0 Å². The van der Waals surface area contributed by atoms with Crippen molar-refractivity contribution in [2.45, 2.75) is 6.04 Å². The highest BCUT2D eigenvalue weighted by Crippen LogP contribution is 2.21. The number of hydrogen-bond acceptors (Lipinski definition) is 3. The Kier molecular flexibility index (Phi) is 4.42. The number of amides is 2. The molecule has 1 atom stereocenters. The quantitative estimate of drug-likeness (QED) is 0.881. The molecule has 1 N–H and O–H groups in total. The molecule has 5 nitrogen and oxygen atoms in total. The van der Waals surface area contributed by atoms with Gasteiger partial charge >= 0.3 is 12.0 Å². The van der Waals surface area contributed by atoms with E-state index in [1.807, 2.05) is 42.5 Å². The van der Waals surface area contributed by atoms with Crippen LogP contribution in [0.5, 0.6) is 0 Å². The van der Waals surface area contributed by atoms with Crippen molar-refractivity contribution < 1.29 is 14.3 Å². The summed E-state index contributed by atoms with van der Waals surface area (Å²) in [6.07, 6.45) is 0. The highest BCUT2D eigenvalue weighted by molar-refractivity contribution is 5.88. The van der Waals surface area contributed by atoms with Gasteiger partial charge in [-0.3, -0.25) is 0 Å². The van der Waals surface area contributed by atoms with E-state index < -0.39 is 12.0 Å². The number of carbonyl (C=O) groups is 2. The predicted molar refractivity (Wildman–Crippen MR) is 80.9 cm³/mol. The second kappa shape index (κ2) is 6.26. The van der Waals surface area contributed by atoms with Gasteiger partial charge in [-0.2, -0.15) is 0 Å². The third kappa shape index (κ3) is 3.31. The van der Waals surface area contributed by atoms with Gasteiger partial charge in [0.15, 0.2) is 6.04 Å². The molecule has 2 aromatic rings. The van der Waals surface area contributed by atoms with Crippen LogP contribution >= 0.6 is 0 Å². The molecule has 0 aliphatic rings. The van der Waals surface area contributed by atoms with E-state index in [0.717, 1.165) is 10.8 Å². The summed E-state index contributed by atoms with van der Waals surface area (Å²) in [4.78, 5) is 25.1. The average Bonchev–Trinajstić information content (AvgIpc) is 2.51. The molecule has 0 spiro atoms. The monoisotopic (exact) mass is 286 g/mol. The Morgan fingerprint density at radius 1 is 1.10 bits per heavy atom. The molecule has 0 aromatic heterocycles. The summed E-state index contributed by atoms with van der Waals surface area (Å²) in [5.41, 5.74) is 0.691. The molecule has 0 heterocycles. The van der Waals surface area contributed by atoms with Crippen molar-refractivity contribution in [3.63, 3.8) is 0 Å². The average molecular weight is 286 g/mol. The standard InChI is InChI=1S/C16H18N2O3/c1-18(2)16(20)17-14(15(19)21-3)13-9-8-11-6-4-5-7-12(11)10-13/h4-10,14H,1-3H3,(H,17,20). The van der Waals surface area contributed by atoms with Crippen LogP contribution in [0, 0.1) is 0 Å². The molecule has 2 rings (SSSR count). The number of methoxy groups -OCH3 is 1. The van der Waals surface area contributed by atoms with E-state index in [1.54, 1.807) is 14.1 Å². The molecule has 5 heteroatoms. The zero-order valence-corrected chi connectivity index (χ0v) is 12.3. The first-order valence-electron chi connectivity index (χ1n) is 6.57. The first-order chi connectivity index (χ1) is 10.0. The van der Waals surface area contributed by atoms with Crippen LogP contribution in [-0.2, 0) is 9.53 Å². The first-order valence-corrected chi connectivity index (χ1v) is 6.57. The van der Waals surface area contributed by atoms with Gasteiger partial charge in [-0.1, -0.05) is 36.4 Å². The van der Waals surface area contributed by atoms with Gasteiger partial charge in [0.2, 0.25) is 0 Å². The van der Waals surface area contributed by atoms with Crippen molar-refractivity contribution in [2.75, 3.05) is 21.2 Å². The number of fused-ring (bicyclic) bond motifs is 1. The zero-order valence-electron chi connectivity index (χ0n) is 12.3. The van der Waals surface area contributed by atoms with Crippen molar-refractivity contribution in [2.24, 2.45) is 0 Å². The highest BCUT2D eigenvalue weighted by atomic mass is 16.5. The minimum Gasteiger partial charge on any atom is -0.467 e. The molecule has 0 aliphatic carbocycles. The van der Waals surface area contributed by atoms with Crippen molar-refractivity contribution in [1.29, 1.82) is 0 Å². The fourth-order valence-corrected chi connectivity index (χ4v) is 2.04. The molecule has 2 aromatic carbocycles. The van der Waals surface area contributed by atoms with Crippen LogP contribution in [0.1, 0.15) is 11.6 Å². The fourth-order valence-electron chi connectivity index (χ4n) is 2.04. The summed E-state index contributed by atoms with van der Waals surface area (Å²) in [6.45, 7) is 0. The number of benzene rings is 2. The summed E-state index contributed by atoms with van der Waals surface area (Å²) >= 11 is 0. The van der Waals surface area contributed by atoms with E-state index >= 15 is 0 Å². The maximum absolute atomic E-state index is 12.0. The molecule has 21 heavy (non-hydrogen) atoms. The molecule has 1 unspecified atom stereocenters. The van der Waals surface area contributed by atoms with Gasteiger partial charge in [-0.25, -0.2) is 9.59 Å². The summed E-state index contributed by atoms with van der Waals surface area (Å²) in [5.74, 6) is -0.500. The Hall–Kier alpha value is -2.56. The van der Waals surface area contributed by atoms with Gasteiger partial charge in [0.1, 0.15) is 0 Å². The van der Waals surface area contributed by atoms with Crippen molar-refractivity contribution in [3.8, 4) is 0 Å². The summed E-state index contributed by atoms with van der Waals surface area (Å²) in [7, 11) is 4.53. The number of nitrogens with one attached hydrogen (secondary N) is 1. The molecule has 0 aliphatic heterocycles. The normalized spacial score (nSPS) is 11.8. The lowest BCUT2D eigenvalue weighted by molar-refractivity contribution is -0.143. The molecule has 0 saturated carbocycles. The van der Waals surface area contributed by atoms with Gasteiger partial charge in [0.25, 0.3) is 0 Å². The number of hydrogen-bond donors (Lipinski definition) is 1. The first kappa shape index (κ1) is 14.8. The maximum Gasteiger partial charge on any atom is 0.333 e. The largest absolute Gasteiger partial charge is 0.467 e. The lowest BCUT2D eigenvalue weighted by Gasteiger charge is -2.20. The topological polar surface area (TPSA) is 58.6 Å². The SMILES string of the molecule is COC(=O)C(NC(=O)N(C)C)c1ccc2ccccc2c1. The van der Waals surface area contributed by atoms with E-state index in [2.05, 4.69) is 5.32 Å². The zero-order chi connectivity index (χ0) is 15.4. The lowest BCUT2D eigenvalue weighted by Crippen LogP contribution is -2.40. The van der Waals surface area contributed by atoms with Crippen molar-refractivity contribution in [1.82, 2.24) is 10.2 Å². The van der Waals surface area contributed by atoms with Crippen LogP contribution in [0.3, 0.4) is 0 Å². The number of esters is 1. The number of ether oxygens (including phenoxy) is 1. The maximum atomic E-state index is 12.0. The lowest BCUT2D eigenvalue weighted by atomic mass is 10.0. The number of carbonyl (C=O) groups excluding carboxylic acids is 2. The van der Waals surface area contributed by atoms with Crippen LogP contribution < -0.4 is 5.32 Å². The van der Waals surface area contributed by atoms with Gasteiger partial charge < -0.3 is 15.0 Å². The Balaban J connectivity index is 2.38. The predicted octanol–water partition coefficient (Wildman–Crippen LogP) is 2.33. The third-order valence-electron chi connectivity index (χ3n) is 3.22. The van der Waals surface area contributed by atoms with Gasteiger partial charge in [-0.05, 0) is 22.4 Å². The molecule has 0 radical (unpaired) electrons. The Morgan fingerprint density at radius 3 is 2.38 bits per heavy atom. The van der Waals surface area contributed by atoms with Crippen LogP contribution in [0.4, 0.5) is 4.79 Å². The fraction of sp³-hybridized carbons (Fsp3) is 0.250. The summed E-state index contributed by atoms with van der Waals surface area (Å²) in [6, 6.07) is 12.3. The Morgan fingerprint density at radius 2 is 1.76 bits per heavy atom. The third-order valence-corrected chi connectivity index (χ3v) is 3.22. The minimum atomic E-state index is -0.825. The number of nitrogens with zero attached hydrogens (tertiary/aromatic N) is 1. The summed E-state index contributed by atoms with van der Waals surface area (Å²) in [5, 5.41) is 4.74. The Labute approximate surface area is 123 Å². The molecular formula is C16H18N2O3. The van der Waals surface area contributed by atoms with E-state index in [0.29, 0.717) is 5.56 Å². The Bertz CT molecular complexity index is 667. The van der Waals surface area contributed by atoms with E-state index in [1.165, 1.54) is 12.0 Å². The van der Waals surface area contributed by atoms with E-state index in [-0.39, 0.29) is 6.03 Å². The van der Waals surface area contributed by atoms with E-state index in [4.69, 9.17) is 4.74 Å². The molecule has 110 valence electrons. The second-order valence-corrected chi connectivity index (χ2v) is 4.91. The molecule has 0 fully saturated rings. The van der Waals surface area contributed by atoms with Crippen LogP contribution in [0.2, 0.25) is 0 Å². The van der Waals surface area contributed by atoms with Crippen LogP contribution in [-0.4, -0.2) is 38.1 Å². The van der Waals surface area contributed by atoms with Crippen molar-refractivity contribution >= 4 is 22.8 Å². The molecule has 0 bridgehead atoms. The van der Waals surface area contributed by atoms with Gasteiger partial charge in [-0.15, -0.1) is 0 Å². The van der Waals surface area contributed by atoms with Crippen LogP contribution in [0.25, 0.3) is 10.8 Å². The van der Waals surface area contributed by atoms with Gasteiger partial charge in [0, 0.05) is 14.1 Å². The number of rotatable bonds is 3. The highest BCUT2D eigenvalue weighted by Gasteiger charge is 2.24. The van der Waals surface area contributed by atoms with Gasteiger partial charge in [0.05, 0.1) is 7.11 Å². The smallest absolute Gasteiger partial charge is 0.333 e. The van der Waals surface area contributed by atoms with E-state index in [9.17, 15) is 9.59 Å². The minimum absolute atomic E-state index is 0.349.